The Morgan fingerprint density at radius 2 is 1.94 bits per heavy atom. The Labute approximate surface area is 102 Å². The van der Waals surface area contributed by atoms with Gasteiger partial charge in [0.1, 0.15) is 12.2 Å². The Morgan fingerprint density at radius 1 is 1.29 bits per heavy atom. The Hall–Kier alpha value is -1.35. The van der Waals surface area contributed by atoms with E-state index in [0.717, 1.165) is 5.56 Å². The first-order valence-corrected chi connectivity index (χ1v) is 5.88. The first-order chi connectivity index (χ1) is 8.01. The van der Waals surface area contributed by atoms with E-state index < -0.39 is 5.41 Å². The monoisotopic (exact) mass is 234 g/mol. The fourth-order valence-corrected chi connectivity index (χ4v) is 2.19. The molecule has 3 nitrogen and oxygen atoms in total. The number of carbonyl (C=O) groups is 1. The highest BCUT2D eigenvalue weighted by Gasteiger charge is 2.50. The molecule has 0 radical (unpaired) electrons. The van der Waals surface area contributed by atoms with Gasteiger partial charge in [-0.05, 0) is 26.3 Å². The van der Waals surface area contributed by atoms with Crippen LogP contribution in [0.2, 0.25) is 0 Å². The zero-order valence-corrected chi connectivity index (χ0v) is 10.5. The van der Waals surface area contributed by atoms with Gasteiger partial charge in [0.15, 0.2) is 0 Å². The molecule has 0 aromatic heterocycles. The van der Waals surface area contributed by atoms with Crippen molar-refractivity contribution in [3.63, 3.8) is 0 Å². The van der Waals surface area contributed by atoms with Crippen LogP contribution in [0.4, 0.5) is 0 Å². The lowest BCUT2D eigenvalue weighted by molar-refractivity contribution is -0.147. The van der Waals surface area contributed by atoms with Crippen molar-refractivity contribution in [1.82, 2.24) is 0 Å². The Bertz CT molecular complexity index is 397. The van der Waals surface area contributed by atoms with Crippen molar-refractivity contribution in [2.24, 2.45) is 5.41 Å². The second kappa shape index (κ2) is 4.49. The molecule has 1 saturated heterocycles. The molecule has 1 heterocycles. The van der Waals surface area contributed by atoms with Gasteiger partial charge in [-0.15, -0.1) is 0 Å². The van der Waals surface area contributed by atoms with E-state index in [1.54, 1.807) is 0 Å². The molecular formula is C14H18O3. The fourth-order valence-electron chi connectivity index (χ4n) is 2.19. The lowest BCUT2D eigenvalue weighted by Crippen LogP contribution is -2.35. The number of esters is 1. The summed E-state index contributed by atoms with van der Waals surface area (Å²) in [6.45, 7) is 6.13. The van der Waals surface area contributed by atoms with Gasteiger partial charge in [-0.3, -0.25) is 4.79 Å². The van der Waals surface area contributed by atoms with E-state index in [2.05, 4.69) is 0 Å². The van der Waals surface area contributed by atoms with Crippen molar-refractivity contribution in [2.45, 2.75) is 39.6 Å². The molecule has 3 heteroatoms. The van der Waals surface area contributed by atoms with E-state index in [1.807, 2.05) is 51.1 Å². The van der Waals surface area contributed by atoms with Crippen LogP contribution in [0.3, 0.4) is 0 Å². The molecule has 2 atom stereocenters. The highest BCUT2D eigenvalue weighted by atomic mass is 16.6. The van der Waals surface area contributed by atoms with Gasteiger partial charge in [0.2, 0.25) is 0 Å². The number of hydrogen-bond acceptors (Lipinski definition) is 3. The zero-order chi connectivity index (χ0) is 12.5. The summed E-state index contributed by atoms with van der Waals surface area (Å²) < 4.78 is 11.1. The Kier molecular flexibility index (Phi) is 3.20. The van der Waals surface area contributed by atoms with Crippen LogP contribution in [0.5, 0.6) is 0 Å². The maximum absolute atomic E-state index is 11.6. The molecule has 1 aromatic rings. The molecule has 0 saturated carbocycles. The molecule has 0 unspecified atom stereocenters. The van der Waals surface area contributed by atoms with E-state index in [1.165, 1.54) is 0 Å². The standard InChI is InChI=1S/C14H18O3/c1-10-12(14(2,3)13(15)17-10)16-9-11-7-5-4-6-8-11/h4-8,10,12H,9H2,1-3H3/t10-,12+/m0/s1. The van der Waals surface area contributed by atoms with Gasteiger partial charge in [0, 0.05) is 0 Å². The summed E-state index contributed by atoms with van der Waals surface area (Å²) in [5, 5.41) is 0. The topological polar surface area (TPSA) is 35.5 Å². The molecule has 0 N–H and O–H groups in total. The smallest absolute Gasteiger partial charge is 0.314 e. The summed E-state index contributed by atoms with van der Waals surface area (Å²) in [6.07, 6.45) is -0.364. The van der Waals surface area contributed by atoms with E-state index in [-0.39, 0.29) is 18.2 Å². The average molecular weight is 234 g/mol. The second-order valence-corrected chi connectivity index (χ2v) is 5.05. The average Bonchev–Trinajstić information content (AvgIpc) is 2.48. The summed E-state index contributed by atoms with van der Waals surface area (Å²) in [5.41, 5.74) is 0.545. The largest absolute Gasteiger partial charge is 0.459 e. The molecule has 1 aromatic carbocycles. The molecule has 17 heavy (non-hydrogen) atoms. The molecule has 0 bridgehead atoms. The number of benzene rings is 1. The number of ether oxygens (including phenoxy) is 2. The number of rotatable bonds is 3. The van der Waals surface area contributed by atoms with Crippen LogP contribution in [-0.4, -0.2) is 18.2 Å². The normalized spacial score (nSPS) is 26.9. The molecule has 0 amide bonds. The van der Waals surface area contributed by atoms with E-state index in [0.29, 0.717) is 6.61 Å². The fraction of sp³-hybridized carbons (Fsp3) is 0.500. The summed E-state index contributed by atoms with van der Waals surface area (Å²) in [5.74, 6) is -0.178. The zero-order valence-electron chi connectivity index (χ0n) is 10.5. The van der Waals surface area contributed by atoms with Crippen LogP contribution in [0.15, 0.2) is 30.3 Å². The summed E-state index contributed by atoms with van der Waals surface area (Å²) in [6, 6.07) is 9.94. The molecule has 1 aliphatic rings. The Balaban J connectivity index is 2.02. The quantitative estimate of drug-likeness (QED) is 0.754. The maximum atomic E-state index is 11.6. The van der Waals surface area contributed by atoms with Gasteiger partial charge in [0.05, 0.1) is 12.0 Å². The first-order valence-electron chi connectivity index (χ1n) is 5.88. The third-order valence-electron chi connectivity index (χ3n) is 3.23. The molecule has 0 aliphatic carbocycles. The number of cyclic esters (lactones) is 1. The van der Waals surface area contributed by atoms with Crippen LogP contribution in [0.25, 0.3) is 0 Å². The predicted molar refractivity (Wildman–Crippen MR) is 64.4 cm³/mol. The summed E-state index contributed by atoms with van der Waals surface area (Å²) in [4.78, 5) is 11.6. The van der Waals surface area contributed by atoms with Crippen LogP contribution >= 0.6 is 0 Å². The van der Waals surface area contributed by atoms with Crippen LogP contribution in [0, 0.1) is 5.41 Å². The van der Waals surface area contributed by atoms with Crippen LogP contribution < -0.4 is 0 Å². The van der Waals surface area contributed by atoms with Gasteiger partial charge < -0.3 is 9.47 Å². The molecule has 1 aliphatic heterocycles. The molecular weight excluding hydrogens is 216 g/mol. The third-order valence-corrected chi connectivity index (χ3v) is 3.23. The van der Waals surface area contributed by atoms with Crippen LogP contribution in [-0.2, 0) is 20.9 Å². The summed E-state index contributed by atoms with van der Waals surface area (Å²) in [7, 11) is 0. The maximum Gasteiger partial charge on any atom is 0.314 e. The van der Waals surface area contributed by atoms with Crippen molar-refractivity contribution in [1.29, 1.82) is 0 Å². The second-order valence-electron chi connectivity index (χ2n) is 5.05. The van der Waals surface area contributed by atoms with E-state index in [4.69, 9.17) is 9.47 Å². The van der Waals surface area contributed by atoms with Crippen molar-refractivity contribution < 1.29 is 14.3 Å². The minimum Gasteiger partial charge on any atom is -0.459 e. The van der Waals surface area contributed by atoms with E-state index in [9.17, 15) is 4.79 Å². The minimum absolute atomic E-state index is 0.178. The minimum atomic E-state index is -0.561. The third kappa shape index (κ3) is 2.34. The number of carbonyl (C=O) groups excluding carboxylic acids is 1. The van der Waals surface area contributed by atoms with Crippen molar-refractivity contribution in [3.8, 4) is 0 Å². The SMILES string of the molecule is C[C@@H]1OC(=O)C(C)(C)[C@@H]1OCc1ccccc1. The predicted octanol–water partition coefficient (Wildman–Crippen LogP) is 2.54. The van der Waals surface area contributed by atoms with Gasteiger partial charge >= 0.3 is 5.97 Å². The van der Waals surface area contributed by atoms with E-state index >= 15 is 0 Å². The van der Waals surface area contributed by atoms with Crippen molar-refractivity contribution >= 4 is 5.97 Å². The lowest BCUT2D eigenvalue weighted by Gasteiger charge is -2.24. The summed E-state index contributed by atoms with van der Waals surface area (Å²) >= 11 is 0. The van der Waals surface area contributed by atoms with Crippen LogP contribution in [0.1, 0.15) is 26.3 Å². The van der Waals surface area contributed by atoms with Gasteiger partial charge in [-0.2, -0.15) is 0 Å². The Morgan fingerprint density at radius 3 is 2.47 bits per heavy atom. The van der Waals surface area contributed by atoms with Crippen molar-refractivity contribution in [2.75, 3.05) is 0 Å². The van der Waals surface area contributed by atoms with Gasteiger partial charge in [-0.1, -0.05) is 30.3 Å². The molecule has 1 fully saturated rings. The molecule has 92 valence electrons. The first kappa shape index (κ1) is 12.1. The highest BCUT2D eigenvalue weighted by molar-refractivity contribution is 5.79. The lowest BCUT2D eigenvalue weighted by atomic mass is 9.87. The van der Waals surface area contributed by atoms with Gasteiger partial charge in [0.25, 0.3) is 0 Å². The van der Waals surface area contributed by atoms with Gasteiger partial charge in [-0.25, -0.2) is 0 Å². The molecule has 0 spiro atoms. The highest BCUT2D eigenvalue weighted by Crippen LogP contribution is 2.36. The number of hydrogen-bond donors (Lipinski definition) is 0. The molecule has 2 rings (SSSR count). The van der Waals surface area contributed by atoms with Crippen molar-refractivity contribution in [3.05, 3.63) is 35.9 Å².